The Morgan fingerprint density at radius 2 is 2.09 bits per heavy atom. The molecule has 11 heavy (non-hydrogen) atoms. The highest BCUT2D eigenvalue weighted by Crippen LogP contribution is 2.45. The summed E-state index contributed by atoms with van der Waals surface area (Å²) in [4.78, 5) is 10.9. The van der Waals surface area contributed by atoms with Crippen LogP contribution in [0.5, 0.6) is 0 Å². The van der Waals surface area contributed by atoms with Crippen LogP contribution in [-0.2, 0) is 0 Å². The van der Waals surface area contributed by atoms with E-state index in [0.29, 0.717) is 0 Å². The molecule has 60 valence electrons. The molecule has 0 bridgehead atoms. The molecule has 1 aromatic heterocycles. The van der Waals surface area contributed by atoms with Gasteiger partial charge in [-0.05, 0) is 0 Å². The van der Waals surface area contributed by atoms with E-state index in [1.165, 1.54) is 22.7 Å². The molecule has 1 aliphatic heterocycles. The van der Waals surface area contributed by atoms with Gasteiger partial charge in [0.1, 0.15) is 0 Å². The van der Waals surface area contributed by atoms with E-state index in [9.17, 15) is 4.79 Å². The number of alkyl halides is 1. The molecule has 1 aromatic rings. The Balaban J connectivity index is 2.41. The van der Waals surface area contributed by atoms with Crippen LogP contribution in [-0.4, -0.2) is 10.5 Å². The quantitative estimate of drug-likeness (QED) is 0.652. The summed E-state index contributed by atoms with van der Waals surface area (Å²) in [5.41, 5.74) is 0. The van der Waals surface area contributed by atoms with Gasteiger partial charge in [-0.25, -0.2) is 0 Å². The van der Waals surface area contributed by atoms with Crippen LogP contribution in [0.15, 0.2) is 13.2 Å². The van der Waals surface area contributed by atoms with Gasteiger partial charge in [-0.1, -0.05) is 34.4 Å². The molecule has 0 aliphatic carbocycles. The lowest BCUT2D eigenvalue weighted by atomic mass is 10.9. The zero-order chi connectivity index (χ0) is 7.84. The van der Waals surface area contributed by atoms with Crippen molar-refractivity contribution in [2.75, 3.05) is 5.75 Å². The van der Waals surface area contributed by atoms with Crippen molar-refractivity contribution in [2.45, 2.75) is 13.1 Å². The number of hydrogen-bond donors (Lipinski definition) is 0. The summed E-state index contributed by atoms with van der Waals surface area (Å²) in [6, 6.07) is 0. The molecule has 6 heteroatoms. The smallest absolute Gasteiger partial charge is 0.265 e. The molecule has 0 unspecified atom stereocenters. The Kier molecular flexibility index (Phi) is 2.53. The van der Waals surface area contributed by atoms with Crippen LogP contribution in [0.4, 0.5) is 0 Å². The summed E-state index contributed by atoms with van der Waals surface area (Å²) in [6.45, 7) is 0. The van der Waals surface area contributed by atoms with Gasteiger partial charge in [0.25, 0.3) is 4.06 Å². The fourth-order valence-electron chi connectivity index (χ4n) is 0.707. The van der Waals surface area contributed by atoms with Crippen molar-refractivity contribution in [1.82, 2.24) is 0 Å². The van der Waals surface area contributed by atoms with Gasteiger partial charge < -0.3 is 0 Å². The average molecular weight is 243 g/mol. The summed E-state index contributed by atoms with van der Waals surface area (Å²) < 4.78 is 2.58. The number of rotatable bonds is 0. The molecule has 0 fully saturated rings. The van der Waals surface area contributed by atoms with Crippen molar-refractivity contribution >= 4 is 57.8 Å². The molecule has 1 atom stereocenters. The molecular formula is C5H3ClOS4. The highest BCUT2D eigenvalue weighted by atomic mass is 35.5. The van der Waals surface area contributed by atoms with Crippen molar-refractivity contribution in [2.24, 2.45) is 0 Å². The summed E-state index contributed by atoms with van der Waals surface area (Å²) >= 11 is 11.9. The maximum atomic E-state index is 10.9. The lowest BCUT2D eigenvalue weighted by molar-refractivity contribution is 1.35. The van der Waals surface area contributed by atoms with Gasteiger partial charge >= 0.3 is 0 Å². The van der Waals surface area contributed by atoms with Gasteiger partial charge in [0.2, 0.25) is 0 Å². The second kappa shape index (κ2) is 3.30. The number of hydrogen-bond acceptors (Lipinski definition) is 5. The Labute approximate surface area is 85.2 Å². The van der Waals surface area contributed by atoms with E-state index in [1.54, 1.807) is 23.5 Å². The van der Waals surface area contributed by atoms with E-state index in [4.69, 9.17) is 11.6 Å². The van der Waals surface area contributed by atoms with Crippen LogP contribution in [0.1, 0.15) is 0 Å². The van der Waals surface area contributed by atoms with E-state index in [1.807, 2.05) is 0 Å². The molecule has 0 radical (unpaired) electrons. The first-order chi connectivity index (χ1) is 5.25. The van der Waals surface area contributed by atoms with Crippen molar-refractivity contribution in [3.8, 4) is 0 Å². The van der Waals surface area contributed by atoms with Gasteiger partial charge in [0.15, 0.2) is 0 Å². The fraction of sp³-hybridized carbons (Fsp3) is 0.400. The molecule has 0 amide bonds. The van der Waals surface area contributed by atoms with Gasteiger partial charge in [0.05, 0.1) is 13.1 Å². The minimum atomic E-state index is 0.137. The van der Waals surface area contributed by atoms with Crippen LogP contribution in [0.3, 0.4) is 0 Å². The Bertz CT molecular complexity index is 317. The zero-order valence-electron chi connectivity index (χ0n) is 5.20. The number of fused-ring (bicyclic) bond motifs is 1. The first-order valence-corrected chi connectivity index (χ1v) is 6.76. The SMILES string of the molecule is O=c1sc2c(s1)S[C@@H](Cl)CS2. The molecule has 1 aliphatic rings. The molecule has 2 heterocycles. The van der Waals surface area contributed by atoms with Crippen LogP contribution < -0.4 is 4.06 Å². The van der Waals surface area contributed by atoms with Gasteiger partial charge in [-0.15, -0.1) is 23.4 Å². The molecule has 1 nitrogen and oxygen atoms in total. The Hall–Kier alpha value is 0.840. The van der Waals surface area contributed by atoms with E-state index < -0.39 is 0 Å². The largest absolute Gasteiger partial charge is 0.289 e. The molecule has 0 N–H and O–H groups in total. The lowest BCUT2D eigenvalue weighted by Crippen LogP contribution is -1.99. The Morgan fingerprint density at radius 3 is 2.91 bits per heavy atom. The first kappa shape index (κ1) is 8.44. The van der Waals surface area contributed by atoms with Crippen molar-refractivity contribution in [3.05, 3.63) is 8.85 Å². The monoisotopic (exact) mass is 242 g/mol. The maximum absolute atomic E-state index is 10.9. The first-order valence-electron chi connectivity index (χ1n) is 2.83. The van der Waals surface area contributed by atoms with Crippen LogP contribution in [0.25, 0.3) is 0 Å². The second-order valence-corrected chi connectivity index (χ2v) is 7.64. The third-order valence-electron chi connectivity index (χ3n) is 1.10. The normalized spacial score (nSPS) is 23.2. The van der Waals surface area contributed by atoms with Crippen molar-refractivity contribution in [1.29, 1.82) is 0 Å². The minimum absolute atomic E-state index is 0.137. The molecule has 0 saturated heterocycles. The zero-order valence-corrected chi connectivity index (χ0v) is 9.23. The third-order valence-corrected chi connectivity index (χ3v) is 6.99. The number of thioether (sulfide) groups is 2. The molecule has 0 aromatic carbocycles. The van der Waals surface area contributed by atoms with Crippen LogP contribution in [0, 0.1) is 0 Å². The van der Waals surface area contributed by atoms with E-state index in [0.717, 1.165) is 14.2 Å². The average Bonchev–Trinajstić information content (AvgIpc) is 2.27. The Morgan fingerprint density at radius 1 is 1.36 bits per heavy atom. The highest BCUT2D eigenvalue weighted by Gasteiger charge is 2.20. The summed E-state index contributed by atoms with van der Waals surface area (Å²) in [5, 5.41) is 0. The van der Waals surface area contributed by atoms with Crippen molar-refractivity contribution < 1.29 is 0 Å². The summed E-state index contributed by atoms with van der Waals surface area (Å²) in [7, 11) is 0. The van der Waals surface area contributed by atoms with Gasteiger partial charge in [-0.3, -0.25) is 4.79 Å². The minimum Gasteiger partial charge on any atom is -0.265 e. The van der Waals surface area contributed by atoms with E-state index in [2.05, 4.69) is 0 Å². The van der Waals surface area contributed by atoms with E-state index in [-0.39, 0.29) is 8.77 Å². The third kappa shape index (κ3) is 1.78. The molecular weight excluding hydrogens is 240 g/mol. The number of halogens is 1. The molecule has 0 spiro atoms. The van der Waals surface area contributed by atoms with Crippen LogP contribution in [0.2, 0.25) is 0 Å². The second-order valence-electron chi connectivity index (χ2n) is 1.87. The van der Waals surface area contributed by atoms with Gasteiger partial charge in [0, 0.05) is 5.75 Å². The fourth-order valence-corrected chi connectivity index (χ4v) is 6.56. The summed E-state index contributed by atoms with van der Waals surface area (Å²) in [5.74, 6) is 0.909. The van der Waals surface area contributed by atoms with Gasteiger partial charge in [-0.2, -0.15) is 0 Å². The topological polar surface area (TPSA) is 17.1 Å². The van der Waals surface area contributed by atoms with Crippen molar-refractivity contribution in [3.63, 3.8) is 0 Å². The highest BCUT2D eigenvalue weighted by molar-refractivity contribution is 8.09. The lowest BCUT2D eigenvalue weighted by Gasteiger charge is -2.12. The predicted molar refractivity (Wildman–Crippen MR) is 54.7 cm³/mol. The summed E-state index contributed by atoms with van der Waals surface area (Å²) in [6.07, 6.45) is 0. The standard InChI is InChI=1S/C5H3ClOS4/c6-2-1-8-3-4(9-2)11-5(7)10-3/h2H,1H2/t2-/m1/s1. The van der Waals surface area contributed by atoms with E-state index >= 15 is 0 Å². The molecule has 2 rings (SSSR count). The predicted octanol–water partition coefficient (Wildman–Crippen LogP) is 2.93. The molecule has 0 saturated carbocycles. The van der Waals surface area contributed by atoms with Crippen LogP contribution >= 0.6 is 57.8 Å². The maximum Gasteiger partial charge on any atom is 0.289 e.